The van der Waals surface area contributed by atoms with Crippen molar-refractivity contribution in [3.63, 3.8) is 0 Å². The number of hydrogen-bond donors (Lipinski definition) is 2. The molecule has 0 aliphatic carbocycles. The summed E-state index contributed by atoms with van der Waals surface area (Å²) in [5.74, 6) is 0.278. The highest BCUT2D eigenvalue weighted by Crippen LogP contribution is 2.31. The van der Waals surface area contributed by atoms with E-state index in [2.05, 4.69) is 15.6 Å². The summed E-state index contributed by atoms with van der Waals surface area (Å²) in [6.07, 6.45) is -0.952. The van der Waals surface area contributed by atoms with E-state index in [0.29, 0.717) is 43.4 Å². The molecule has 0 unspecified atom stereocenters. The summed E-state index contributed by atoms with van der Waals surface area (Å²) in [7, 11) is 0. The van der Waals surface area contributed by atoms with Gasteiger partial charge in [0.05, 0.1) is 11.4 Å². The molecule has 0 atom stereocenters. The van der Waals surface area contributed by atoms with E-state index in [-0.39, 0.29) is 11.1 Å². The van der Waals surface area contributed by atoms with Crippen LogP contribution in [0.5, 0.6) is 0 Å². The Kier molecular flexibility index (Phi) is 8.86. The first-order valence-corrected chi connectivity index (χ1v) is 14.3. The maximum absolute atomic E-state index is 13.3. The third kappa shape index (κ3) is 8.43. The zero-order valence-corrected chi connectivity index (χ0v) is 25.1. The minimum atomic E-state index is -0.673. The van der Waals surface area contributed by atoms with Crippen molar-refractivity contribution in [1.29, 1.82) is 0 Å². The van der Waals surface area contributed by atoms with Gasteiger partial charge in [-0.3, -0.25) is 10.1 Å². The van der Waals surface area contributed by atoms with E-state index in [0.717, 1.165) is 11.1 Å². The van der Waals surface area contributed by atoms with Crippen LogP contribution < -0.4 is 15.5 Å². The molecule has 0 bridgehead atoms. The number of piperazine rings is 1. The van der Waals surface area contributed by atoms with Gasteiger partial charge in [0.1, 0.15) is 17.0 Å². The Morgan fingerprint density at radius 3 is 2.10 bits per heavy atom. The Morgan fingerprint density at radius 2 is 1.46 bits per heavy atom. The first-order chi connectivity index (χ1) is 19.3. The lowest BCUT2D eigenvalue weighted by Gasteiger charge is -2.35. The third-order valence-corrected chi connectivity index (χ3v) is 6.78. The lowest BCUT2D eigenvalue weighted by molar-refractivity contribution is 0.0240. The van der Waals surface area contributed by atoms with Gasteiger partial charge in [0, 0.05) is 31.6 Å². The minimum absolute atomic E-state index is 0.280. The number of ether oxygens (including phenoxy) is 2. The molecule has 1 saturated heterocycles. The average Bonchev–Trinajstić information content (AvgIpc) is 3.39. The van der Waals surface area contributed by atoms with E-state index in [1.54, 1.807) is 31.7 Å². The second kappa shape index (κ2) is 12.2. The molecule has 218 valence electrons. The molecule has 1 aromatic heterocycles. The number of hydrogen-bond acceptors (Lipinski definition) is 8. The Balaban J connectivity index is 1.47. The Labute approximate surface area is 244 Å². The standard InChI is InChI=1S/C30H37N5O5S/c1-29(2,3)39-27(37)32-22-13-12-21(20-10-8-7-9-11-20)18-23(22)31-25(36)26-33-24(19-41-26)34-14-16-35(17-15-34)28(38)40-30(4,5)6/h7-13,18-19H,14-17H2,1-6H3,(H,31,36)(H,32,37). The smallest absolute Gasteiger partial charge is 0.412 e. The third-order valence-electron chi connectivity index (χ3n) is 5.95. The second-order valence-electron chi connectivity index (χ2n) is 11.7. The van der Waals surface area contributed by atoms with Gasteiger partial charge in [-0.15, -0.1) is 11.3 Å². The van der Waals surface area contributed by atoms with Gasteiger partial charge in [0.25, 0.3) is 5.91 Å². The van der Waals surface area contributed by atoms with Crippen LogP contribution >= 0.6 is 11.3 Å². The summed E-state index contributed by atoms with van der Waals surface area (Å²) in [5, 5.41) is 7.77. The van der Waals surface area contributed by atoms with Crippen LogP contribution in [0.15, 0.2) is 53.9 Å². The van der Waals surface area contributed by atoms with E-state index < -0.39 is 23.2 Å². The number of aromatic nitrogens is 1. The van der Waals surface area contributed by atoms with Crippen LogP contribution in [0, 0.1) is 0 Å². The van der Waals surface area contributed by atoms with Crippen molar-refractivity contribution in [2.24, 2.45) is 0 Å². The van der Waals surface area contributed by atoms with E-state index >= 15 is 0 Å². The maximum Gasteiger partial charge on any atom is 0.412 e. The predicted molar refractivity (Wildman–Crippen MR) is 162 cm³/mol. The van der Waals surface area contributed by atoms with Crippen molar-refractivity contribution in [3.8, 4) is 11.1 Å². The molecular weight excluding hydrogens is 542 g/mol. The highest BCUT2D eigenvalue weighted by atomic mass is 32.1. The molecule has 1 fully saturated rings. The van der Waals surface area contributed by atoms with Crippen molar-refractivity contribution >= 4 is 46.6 Å². The fourth-order valence-corrected chi connectivity index (χ4v) is 4.84. The van der Waals surface area contributed by atoms with Crippen LogP contribution in [0.1, 0.15) is 51.3 Å². The Hall–Kier alpha value is -4.12. The molecule has 2 heterocycles. The summed E-state index contributed by atoms with van der Waals surface area (Å²) in [6, 6.07) is 15.2. The fourth-order valence-electron chi connectivity index (χ4n) is 4.12. The van der Waals surface area contributed by atoms with Gasteiger partial charge in [-0.25, -0.2) is 14.6 Å². The second-order valence-corrected chi connectivity index (χ2v) is 12.5. The first kappa shape index (κ1) is 29.9. The number of rotatable bonds is 5. The predicted octanol–water partition coefficient (Wildman–Crippen LogP) is 6.47. The molecule has 3 aromatic rings. The van der Waals surface area contributed by atoms with Gasteiger partial charge in [-0.2, -0.15) is 0 Å². The maximum atomic E-state index is 13.3. The highest BCUT2D eigenvalue weighted by Gasteiger charge is 2.27. The lowest BCUT2D eigenvalue weighted by atomic mass is 10.0. The average molecular weight is 580 g/mol. The van der Waals surface area contributed by atoms with Crippen LogP contribution in [0.2, 0.25) is 0 Å². The van der Waals surface area contributed by atoms with Crippen LogP contribution in [0.3, 0.4) is 0 Å². The largest absolute Gasteiger partial charge is 0.444 e. The summed E-state index contributed by atoms with van der Waals surface area (Å²) < 4.78 is 10.9. The number of anilines is 3. The van der Waals surface area contributed by atoms with Gasteiger partial charge in [-0.05, 0) is 64.8 Å². The molecule has 3 amide bonds. The normalized spacial score (nSPS) is 13.9. The minimum Gasteiger partial charge on any atom is -0.444 e. The van der Waals surface area contributed by atoms with Crippen LogP contribution in [-0.2, 0) is 9.47 Å². The molecule has 10 nitrogen and oxygen atoms in total. The SMILES string of the molecule is CC(C)(C)OC(=O)Nc1ccc(-c2ccccc2)cc1NC(=O)c1nc(N2CCN(C(=O)OC(C)(C)C)CC2)cs1. The van der Waals surface area contributed by atoms with Gasteiger partial charge >= 0.3 is 12.2 Å². The number of amides is 3. The van der Waals surface area contributed by atoms with Crippen LogP contribution in [0.4, 0.5) is 26.8 Å². The monoisotopic (exact) mass is 579 g/mol. The number of thiazole rings is 1. The Bertz CT molecular complexity index is 1390. The molecule has 0 spiro atoms. The number of nitrogens with one attached hydrogen (secondary N) is 2. The number of nitrogens with zero attached hydrogens (tertiary/aromatic N) is 3. The van der Waals surface area contributed by atoms with Crippen LogP contribution in [0.25, 0.3) is 11.1 Å². The summed E-state index contributed by atoms with van der Waals surface area (Å²) in [5.41, 5.74) is 1.45. The topological polar surface area (TPSA) is 113 Å². The van der Waals surface area contributed by atoms with Gasteiger partial charge in [-0.1, -0.05) is 36.4 Å². The molecule has 1 aliphatic rings. The molecule has 2 N–H and O–H groups in total. The van der Waals surface area contributed by atoms with Crippen LogP contribution in [-0.4, -0.2) is 65.4 Å². The summed E-state index contributed by atoms with van der Waals surface area (Å²) in [4.78, 5) is 46.5. The van der Waals surface area contributed by atoms with Crippen molar-refractivity contribution in [2.75, 3.05) is 41.7 Å². The van der Waals surface area contributed by atoms with E-state index in [1.807, 2.05) is 73.5 Å². The Morgan fingerprint density at radius 1 is 0.805 bits per heavy atom. The molecule has 41 heavy (non-hydrogen) atoms. The van der Waals surface area contributed by atoms with E-state index in [4.69, 9.17) is 9.47 Å². The molecular formula is C30H37N5O5S. The highest BCUT2D eigenvalue weighted by molar-refractivity contribution is 7.12. The molecule has 0 saturated carbocycles. The first-order valence-electron chi connectivity index (χ1n) is 13.5. The zero-order chi connectivity index (χ0) is 29.8. The summed E-state index contributed by atoms with van der Waals surface area (Å²) in [6.45, 7) is 13.0. The van der Waals surface area contributed by atoms with Gasteiger partial charge < -0.3 is 24.6 Å². The number of carbonyl (C=O) groups excluding carboxylic acids is 3. The molecule has 2 aromatic carbocycles. The van der Waals surface area contributed by atoms with Crippen molar-refractivity contribution in [3.05, 3.63) is 58.9 Å². The molecule has 1 aliphatic heterocycles. The number of benzene rings is 2. The van der Waals surface area contributed by atoms with Crippen molar-refractivity contribution in [2.45, 2.75) is 52.7 Å². The van der Waals surface area contributed by atoms with Gasteiger partial charge in [0.15, 0.2) is 5.01 Å². The fraction of sp³-hybridized carbons (Fsp3) is 0.400. The van der Waals surface area contributed by atoms with E-state index in [9.17, 15) is 14.4 Å². The quantitative estimate of drug-likeness (QED) is 0.356. The number of carbonyl (C=O) groups is 3. The van der Waals surface area contributed by atoms with Crippen molar-refractivity contribution < 1.29 is 23.9 Å². The van der Waals surface area contributed by atoms with E-state index in [1.165, 1.54) is 11.3 Å². The molecule has 11 heteroatoms. The summed E-state index contributed by atoms with van der Waals surface area (Å²) >= 11 is 1.23. The van der Waals surface area contributed by atoms with Crippen molar-refractivity contribution in [1.82, 2.24) is 9.88 Å². The van der Waals surface area contributed by atoms with Gasteiger partial charge in [0.2, 0.25) is 0 Å². The molecule has 4 rings (SSSR count). The lowest BCUT2D eigenvalue weighted by Crippen LogP contribution is -2.50. The zero-order valence-electron chi connectivity index (χ0n) is 24.3. The molecule has 0 radical (unpaired) electrons.